The molecule has 0 bridgehead atoms. The first kappa shape index (κ1) is 17.5. The van der Waals surface area contributed by atoms with E-state index in [1.807, 2.05) is 12.1 Å². The van der Waals surface area contributed by atoms with Crippen LogP contribution in [-0.4, -0.2) is 47.2 Å². The summed E-state index contributed by atoms with van der Waals surface area (Å²) in [7, 11) is 0. The maximum Gasteiger partial charge on any atom is 0.254 e. The molecule has 0 saturated heterocycles. The van der Waals surface area contributed by atoms with Crippen LogP contribution in [0, 0.1) is 6.92 Å². The smallest absolute Gasteiger partial charge is 0.254 e. The van der Waals surface area contributed by atoms with Gasteiger partial charge in [0.05, 0.1) is 30.2 Å². The van der Waals surface area contributed by atoms with Crippen LogP contribution in [0.2, 0.25) is 5.02 Å². The number of nitrogens with zero attached hydrogens (tertiary/aromatic N) is 2. The van der Waals surface area contributed by atoms with Gasteiger partial charge in [-0.3, -0.25) is 4.79 Å². The number of hydrogen-bond donors (Lipinski definition) is 2. The van der Waals surface area contributed by atoms with Crippen molar-refractivity contribution in [2.24, 2.45) is 0 Å². The Balaban J connectivity index is 1.92. The first-order valence-corrected chi connectivity index (χ1v) is 7.78. The van der Waals surface area contributed by atoms with Crippen molar-refractivity contribution >= 4 is 17.5 Å². The van der Waals surface area contributed by atoms with E-state index in [1.54, 1.807) is 29.9 Å². The number of aliphatic hydroxyl groups is 1. The number of nitrogens with one attached hydrogen (secondary N) is 1. The van der Waals surface area contributed by atoms with Crippen molar-refractivity contribution in [2.75, 3.05) is 26.4 Å². The second-order valence-electron chi connectivity index (χ2n) is 4.99. The van der Waals surface area contributed by atoms with E-state index in [4.69, 9.17) is 21.4 Å². The molecule has 0 radical (unpaired) electrons. The third-order valence-corrected chi connectivity index (χ3v) is 3.47. The highest BCUT2D eigenvalue weighted by Gasteiger charge is 2.13. The van der Waals surface area contributed by atoms with Gasteiger partial charge >= 0.3 is 0 Å². The molecule has 0 aliphatic heterocycles. The maximum atomic E-state index is 12.2. The molecular weight excluding hydrogens is 318 g/mol. The molecule has 124 valence electrons. The first-order chi connectivity index (χ1) is 11.1. The number of ether oxygens (including phenoxy) is 1. The van der Waals surface area contributed by atoms with Crippen LogP contribution in [0.25, 0.3) is 5.69 Å². The van der Waals surface area contributed by atoms with Crippen LogP contribution < -0.4 is 5.32 Å². The van der Waals surface area contributed by atoms with Crippen molar-refractivity contribution in [1.82, 2.24) is 15.1 Å². The van der Waals surface area contributed by atoms with Gasteiger partial charge in [-0.05, 0) is 37.6 Å². The Kier molecular flexibility index (Phi) is 6.58. The zero-order chi connectivity index (χ0) is 16.7. The zero-order valence-electron chi connectivity index (χ0n) is 13.0. The number of halogens is 1. The summed E-state index contributed by atoms with van der Waals surface area (Å²) in [4.78, 5) is 12.2. The molecule has 1 aromatic carbocycles. The van der Waals surface area contributed by atoms with Gasteiger partial charge < -0.3 is 15.2 Å². The minimum absolute atomic E-state index is 0.00936. The third kappa shape index (κ3) is 5.06. The summed E-state index contributed by atoms with van der Waals surface area (Å²) >= 11 is 5.87. The van der Waals surface area contributed by atoms with Gasteiger partial charge in [0, 0.05) is 24.4 Å². The van der Waals surface area contributed by atoms with Crippen LogP contribution in [0.4, 0.5) is 0 Å². The van der Waals surface area contributed by atoms with Crippen LogP contribution in [0.5, 0.6) is 0 Å². The zero-order valence-corrected chi connectivity index (χ0v) is 13.7. The Morgan fingerprint density at radius 2 is 2.09 bits per heavy atom. The molecule has 2 rings (SSSR count). The minimum Gasteiger partial charge on any atom is -0.394 e. The monoisotopic (exact) mass is 337 g/mol. The molecule has 23 heavy (non-hydrogen) atoms. The van der Waals surface area contributed by atoms with Crippen LogP contribution in [-0.2, 0) is 4.74 Å². The van der Waals surface area contributed by atoms with Crippen molar-refractivity contribution in [2.45, 2.75) is 13.3 Å². The highest BCUT2D eigenvalue weighted by atomic mass is 35.5. The second-order valence-corrected chi connectivity index (χ2v) is 5.43. The van der Waals surface area contributed by atoms with E-state index in [2.05, 4.69) is 10.4 Å². The van der Waals surface area contributed by atoms with Crippen molar-refractivity contribution in [3.05, 3.63) is 46.7 Å². The molecule has 0 unspecified atom stereocenters. The largest absolute Gasteiger partial charge is 0.394 e. The molecular formula is C16H20ClN3O3. The van der Waals surface area contributed by atoms with Crippen molar-refractivity contribution in [3.63, 3.8) is 0 Å². The topological polar surface area (TPSA) is 76.4 Å². The highest BCUT2D eigenvalue weighted by Crippen LogP contribution is 2.15. The number of rotatable bonds is 8. The van der Waals surface area contributed by atoms with Crippen LogP contribution in [0.15, 0.2) is 30.5 Å². The SMILES string of the molecule is Cc1nn(-c2ccc(Cl)cc2)cc1C(=O)NCCCOCCO. The van der Waals surface area contributed by atoms with E-state index in [0.29, 0.717) is 42.5 Å². The van der Waals surface area contributed by atoms with E-state index >= 15 is 0 Å². The summed E-state index contributed by atoms with van der Waals surface area (Å²) in [5.41, 5.74) is 2.04. The lowest BCUT2D eigenvalue weighted by Gasteiger charge is -2.04. The number of aromatic nitrogens is 2. The van der Waals surface area contributed by atoms with Crippen LogP contribution >= 0.6 is 11.6 Å². The summed E-state index contributed by atoms with van der Waals surface area (Å²) in [6.07, 6.45) is 2.40. The molecule has 0 fully saturated rings. The Morgan fingerprint density at radius 3 is 2.78 bits per heavy atom. The fourth-order valence-corrected chi connectivity index (χ4v) is 2.17. The number of carbonyl (C=O) groups excluding carboxylic acids is 1. The molecule has 1 heterocycles. The van der Waals surface area contributed by atoms with Gasteiger partial charge in [-0.25, -0.2) is 4.68 Å². The van der Waals surface area contributed by atoms with Gasteiger partial charge in [0.2, 0.25) is 0 Å². The Labute approximate surface area is 140 Å². The predicted octanol–water partition coefficient (Wildman–Crippen LogP) is 1.96. The van der Waals surface area contributed by atoms with E-state index in [9.17, 15) is 4.79 Å². The van der Waals surface area contributed by atoms with Crippen molar-refractivity contribution in [3.8, 4) is 5.69 Å². The Bertz CT molecular complexity index is 641. The molecule has 0 atom stereocenters. The number of carbonyl (C=O) groups is 1. The number of benzene rings is 1. The second kappa shape index (κ2) is 8.67. The van der Waals surface area contributed by atoms with Crippen LogP contribution in [0.3, 0.4) is 0 Å². The fraction of sp³-hybridized carbons (Fsp3) is 0.375. The van der Waals surface area contributed by atoms with Crippen molar-refractivity contribution < 1.29 is 14.6 Å². The summed E-state index contributed by atoms with van der Waals surface area (Å²) < 4.78 is 6.79. The Morgan fingerprint density at radius 1 is 1.35 bits per heavy atom. The first-order valence-electron chi connectivity index (χ1n) is 7.41. The van der Waals surface area contributed by atoms with Crippen molar-refractivity contribution in [1.29, 1.82) is 0 Å². The molecule has 6 nitrogen and oxygen atoms in total. The van der Waals surface area contributed by atoms with Crippen LogP contribution in [0.1, 0.15) is 22.5 Å². The van der Waals surface area contributed by atoms with Gasteiger partial charge in [-0.2, -0.15) is 5.10 Å². The van der Waals surface area contributed by atoms with E-state index in [0.717, 1.165) is 5.69 Å². The molecule has 0 aliphatic carbocycles. The minimum atomic E-state index is -0.162. The summed E-state index contributed by atoms with van der Waals surface area (Å²) in [5, 5.41) is 16.4. The van der Waals surface area contributed by atoms with Gasteiger partial charge in [0.25, 0.3) is 5.91 Å². The van der Waals surface area contributed by atoms with Gasteiger partial charge in [0.1, 0.15) is 0 Å². The standard InChI is InChI=1S/C16H20ClN3O3/c1-12-15(16(22)18-7-2-9-23-10-8-21)11-20(19-12)14-5-3-13(17)4-6-14/h3-6,11,21H,2,7-10H2,1H3,(H,18,22). The van der Waals surface area contributed by atoms with Gasteiger partial charge in [-0.1, -0.05) is 11.6 Å². The molecule has 1 amide bonds. The highest BCUT2D eigenvalue weighted by molar-refractivity contribution is 6.30. The molecule has 0 saturated carbocycles. The molecule has 2 aromatic rings. The number of hydrogen-bond acceptors (Lipinski definition) is 4. The average Bonchev–Trinajstić information content (AvgIpc) is 2.93. The summed E-state index contributed by atoms with van der Waals surface area (Å²) in [6, 6.07) is 7.24. The lowest BCUT2D eigenvalue weighted by Crippen LogP contribution is -2.25. The molecule has 2 N–H and O–H groups in total. The molecule has 7 heteroatoms. The molecule has 1 aromatic heterocycles. The Hall–Kier alpha value is -1.89. The lowest BCUT2D eigenvalue weighted by molar-refractivity contribution is 0.0867. The van der Waals surface area contributed by atoms with E-state index < -0.39 is 0 Å². The van der Waals surface area contributed by atoms with E-state index in [1.165, 1.54) is 0 Å². The number of amides is 1. The lowest BCUT2D eigenvalue weighted by atomic mass is 10.2. The quantitative estimate of drug-likeness (QED) is 0.722. The number of aliphatic hydroxyl groups excluding tert-OH is 1. The fourth-order valence-electron chi connectivity index (χ4n) is 2.05. The molecule has 0 aliphatic rings. The normalized spacial score (nSPS) is 10.7. The summed E-state index contributed by atoms with van der Waals surface area (Å²) in [5.74, 6) is -0.162. The summed E-state index contributed by atoms with van der Waals surface area (Å²) in [6.45, 7) is 3.14. The van der Waals surface area contributed by atoms with Gasteiger partial charge in [0.15, 0.2) is 0 Å². The number of aryl methyl sites for hydroxylation is 1. The van der Waals surface area contributed by atoms with E-state index in [-0.39, 0.29) is 12.5 Å². The molecule has 0 spiro atoms. The maximum absolute atomic E-state index is 12.2. The van der Waals surface area contributed by atoms with Gasteiger partial charge in [-0.15, -0.1) is 0 Å². The third-order valence-electron chi connectivity index (χ3n) is 3.22. The predicted molar refractivity (Wildman–Crippen MR) is 88.2 cm³/mol. The average molecular weight is 338 g/mol.